The van der Waals surface area contributed by atoms with Crippen LogP contribution in [0.4, 0.5) is 4.79 Å². The number of carboxylic acids is 1. The highest BCUT2D eigenvalue weighted by atomic mass is 16.5. The summed E-state index contributed by atoms with van der Waals surface area (Å²) in [4.78, 5) is 24.6. The fourth-order valence-corrected chi connectivity index (χ4v) is 2.67. The molecule has 0 spiro atoms. The number of carbonyl (C=O) groups is 2. The van der Waals surface area contributed by atoms with Crippen LogP contribution in [0.3, 0.4) is 0 Å². The van der Waals surface area contributed by atoms with Gasteiger partial charge < -0.3 is 20.1 Å². The van der Waals surface area contributed by atoms with Gasteiger partial charge in [-0.2, -0.15) is 0 Å². The van der Waals surface area contributed by atoms with E-state index in [9.17, 15) is 9.59 Å². The molecule has 0 saturated carbocycles. The summed E-state index contributed by atoms with van der Waals surface area (Å²) in [5, 5.41) is 11.9. The van der Waals surface area contributed by atoms with E-state index in [0.29, 0.717) is 19.6 Å². The van der Waals surface area contributed by atoms with Gasteiger partial charge in [-0.3, -0.25) is 4.79 Å². The van der Waals surface area contributed by atoms with E-state index in [1.165, 1.54) is 0 Å². The van der Waals surface area contributed by atoms with Gasteiger partial charge in [-0.1, -0.05) is 18.2 Å². The molecule has 6 heteroatoms. The Labute approximate surface area is 116 Å². The van der Waals surface area contributed by atoms with Crippen LogP contribution < -0.4 is 10.1 Å². The number of nitrogens with one attached hydrogen (secondary N) is 1. The normalized spacial score (nSPS) is 24.1. The number of urea groups is 1. The van der Waals surface area contributed by atoms with Crippen LogP contribution in [0.1, 0.15) is 18.0 Å². The van der Waals surface area contributed by atoms with Crippen molar-refractivity contribution in [3.63, 3.8) is 0 Å². The van der Waals surface area contributed by atoms with E-state index in [-0.39, 0.29) is 18.6 Å². The smallest absolute Gasteiger partial charge is 0.318 e. The molecule has 20 heavy (non-hydrogen) atoms. The quantitative estimate of drug-likeness (QED) is 0.851. The van der Waals surface area contributed by atoms with Crippen LogP contribution in [0.5, 0.6) is 5.75 Å². The van der Waals surface area contributed by atoms with E-state index >= 15 is 0 Å². The summed E-state index contributed by atoms with van der Waals surface area (Å²) >= 11 is 0. The van der Waals surface area contributed by atoms with Crippen LogP contribution in [0.15, 0.2) is 24.3 Å². The van der Waals surface area contributed by atoms with Crippen molar-refractivity contribution in [2.75, 3.05) is 19.7 Å². The van der Waals surface area contributed by atoms with Crippen molar-refractivity contribution >= 4 is 12.0 Å². The monoisotopic (exact) mass is 276 g/mol. The summed E-state index contributed by atoms with van der Waals surface area (Å²) in [6.07, 6.45) is 0.514. The topological polar surface area (TPSA) is 78.9 Å². The highest BCUT2D eigenvalue weighted by Gasteiger charge is 2.33. The Kier molecular flexibility index (Phi) is 3.22. The van der Waals surface area contributed by atoms with Crippen molar-refractivity contribution in [1.82, 2.24) is 10.2 Å². The number of para-hydroxylation sites is 1. The molecule has 6 nitrogen and oxygen atoms in total. The Morgan fingerprint density at radius 2 is 2.15 bits per heavy atom. The molecule has 1 aromatic carbocycles. The molecule has 2 aliphatic heterocycles. The Hall–Kier alpha value is -2.24. The first kappa shape index (κ1) is 12.8. The second-order valence-electron chi connectivity index (χ2n) is 5.12. The number of hydrogen-bond donors (Lipinski definition) is 2. The van der Waals surface area contributed by atoms with Crippen LogP contribution in [-0.2, 0) is 4.79 Å². The zero-order valence-electron chi connectivity index (χ0n) is 10.9. The molecule has 3 rings (SSSR count). The first-order valence-electron chi connectivity index (χ1n) is 6.65. The van der Waals surface area contributed by atoms with Gasteiger partial charge in [-0.25, -0.2) is 4.79 Å². The SMILES string of the molecule is O=C(O)C1CCN(C(=O)NC2COc3ccccc32)C1. The molecule has 2 amide bonds. The first-order valence-corrected chi connectivity index (χ1v) is 6.65. The summed E-state index contributed by atoms with van der Waals surface area (Å²) in [5.41, 5.74) is 0.967. The van der Waals surface area contributed by atoms with Gasteiger partial charge >= 0.3 is 12.0 Å². The van der Waals surface area contributed by atoms with Crippen molar-refractivity contribution < 1.29 is 19.4 Å². The molecule has 106 valence electrons. The predicted octanol–water partition coefficient (Wildman–Crippen LogP) is 1.24. The maximum Gasteiger partial charge on any atom is 0.318 e. The van der Waals surface area contributed by atoms with Crippen LogP contribution in [0, 0.1) is 5.92 Å². The lowest BCUT2D eigenvalue weighted by molar-refractivity contribution is -0.141. The largest absolute Gasteiger partial charge is 0.491 e. The predicted molar refractivity (Wildman–Crippen MR) is 70.5 cm³/mol. The van der Waals surface area contributed by atoms with Gasteiger partial charge in [-0.15, -0.1) is 0 Å². The minimum Gasteiger partial charge on any atom is -0.491 e. The first-order chi connectivity index (χ1) is 9.65. The van der Waals surface area contributed by atoms with E-state index < -0.39 is 11.9 Å². The van der Waals surface area contributed by atoms with E-state index in [0.717, 1.165) is 11.3 Å². The van der Waals surface area contributed by atoms with Gasteiger partial charge in [0.1, 0.15) is 12.4 Å². The number of carboxylic acid groups (broad SMARTS) is 1. The average Bonchev–Trinajstić information content (AvgIpc) is 3.06. The third-order valence-electron chi connectivity index (χ3n) is 3.82. The van der Waals surface area contributed by atoms with Gasteiger partial charge in [0.2, 0.25) is 0 Å². The number of benzene rings is 1. The van der Waals surface area contributed by atoms with Crippen LogP contribution >= 0.6 is 0 Å². The molecule has 0 aromatic heterocycles. The number of ether oxygens (including phenoxy) is 1. The van der Waals surface area contributed by atoms with Gasteiger partial charge in [-0.05, 0) is 12.5 Å². The van der Waals surface area contributed by atoms with Crippen molar-refractivity contribution in [3.05, 3.63) is 29.8 Å². The standard InChI is InChI=1S/C14H16N2O4/c17-13(18)9-5-6-16(7-9)14(19)15-11-8-20-12-4-2-1-3-10(11)12/h1-4,9,11H,5-8H2,(H,15,19)(H,17,18). The van der Waals surface area contributed by atoms with Gasteiger partial charge in [0.15, 0.2) is 0 Å². The fraction of sp³-hybridized carbons (Fsp3) is 0.429. The molecule has 2 N–H and O–H groups in total. The molecule has 0 aliphatic carbocycles. The second kappa shape index (κ2) is 5.03. The number of carbonyl (C=O) groups excluding carboxylic acids is 1. The maximum atomic E-state index is 12.1. The minimum absolute atomic E-state index is 0.164. The number of likely N-dealkylation sites (tertiary alicyclic amines) is 1. The molecule has 2 atom stereocenters. The maximum absolute atomic E-state index is 12.1. The number of fused-ring (bicyclic) bond motifs is 1. The zero-order chi connectivity index (χ0) is 14.1. The molecule has 1 fully saturated rings. The van der Waals surface area contributed by atoms with E-state index in [2.05, 4.69) is 5.32 Å². The fourth-order valence-electron chi connectivity index (χ4n) is 2.67. The number of aliphatic carboxylic acids is 1. The summed E-state index contributed by atoms with van der Waals surface area (Å²) in [6.45, 7) is 1.18. The number of hydrogen-bond acceptors (Lipinski definition) is 3. The van der Waals surface area contributed by atoms with E-state index in [4.69, 9.17) is 9.84 Å². The van der Waals surface area contributed by atoms with E-state index in [1.54, 1.807) is 4.90 Å². The van der Waals surface area contributed by atoms with Crippen molar-refractivity contribution in [1.29, 1.82) is 0 Å². The summed E-state index contributed by atoms with van der Waals surface area (Å²) in [7, 11) is 0. The summed E-state index contributed by atoms with van der Waals surface area (Å²) in [5.74, 6) is -0.495. The minimum atomic E-state index is -0.838. The Morgan fingerprint density at radius 1 is 1.35 bits per heavy atom. The number of amides is 2. The van der Waals surface area contributed by atoms with Crippen molar-refractivity contribution in [3.8, 4) is 5.75 Å². The average molecular weight is 276 g/mol. The lowest BCUT2D eigenvalue weighted by Gasteiger charge is -2.19. The number of nitrogens with zero attached hydrogens (tertiary/aromatic N) is 1. The second-order valence-corrected chi connectivity index (χ2v) is 5.12. The van der Waals surface area contributed by atoms with Gasteiger partial charge in [0.25, 0.3) is 0 Å². The molecular weight excluding hydrogens is 260 g/mol. The molecule has 1 aromatic rings. The molecule has 1 saturated heterocycles. The van der Waals surface area contributed by atoms with Crippen LogP contribution in [0.25, 0.3) is 0 Å². The Bertz CT molecular complexity index is 546. The lowest BCUT2D eigenvalue weighted by atomic mass is 10.1. The molecule has 2 heterocycles. The molecular formula is C14H16N2O4. The third kappa shape index (κ3) is 2.29. The van der Waals surface area contributed by atoms with Crippen molar-refractivity contribution in [2.45, 2.75) is 12.5 Å². The third-order valence-corrected chi connectivity index (χ3v) is 3.82. The van der Waals surface area contributed by atoms with Crippen LogP contribution in [0.2, 0.25) is 0 Å². The summed E-state index contributed by atoms with van der Waals surface area (Å²) in [6, 6.07) is 7.21. The van der Waals surface area contributed by atoms with Gasteiger partial charge in [0.05, 0.1) is 12.0 Å². The Balaban J connectivity index is 1.62. The molecule has 2 unspecified atom stereocenters. The van der Waals surface area contributed by atoms with Gasteiger partial charge in [0, 0.05) is 18.7 Å². The molecule has 2 aliphatic rings. The molecule has 0 radical (unpaired) electrons. The molecule has 0 bridgehead atoms. The lowest BCUT2D eigenvalue weighted by Crippen LogP contribution is -2.41. The summed E-state index contributed by atoms with van der Waals surface area (Å²) < 4.78 is 5.51. The van der Waals surface area contributed by atoms with Crippen molar-refractivity contribution in [2.24, 2.45) is 5.92 Å². The van der Waals surface area contributed by atoms with Crippen LogP contribution in [-0.4, -0.2) is 41.7 Å². The Morgan fingerprint density at radius 3 is 2.90 bits per heavy atom. The van der Waals surface area contributed by atoms with E-state index in [1.807, 2.05) is 24.3 Å². The number of rotatable bonds is 2. The highest BCUT2D eigenvalue weighted by Crippen LogP contribution is 2.31. The zero-order valence-corrected chi connectivity index (χ0v) is 10.9. The highest BCUT2D eigenvalue weighted by molar-refractivity contribution is 5.78.